The quantitative estimate of drug-likeness (QED) is 0.677. The van der Waals surface area contributed by atoms with E-state index in [1.807, 2.05) is 0 Å². The van der Waals surface area contributed by atoms with Crippen LogP contribution in [0.4, 0.5) is 8.78 Å². The van der Waals surface area contributed by atoms with Gasteiger partial charge in [0.25, 0.3) is 0 Å². The van der Waals surface area contributed by atoms with Crippen molar-refractivity contribution in [3.05, 3.63) is 34.3 Å². The van der Waals surface area contributed by atoms with Gasteiger partial charge in [-0.1, -0.05) is 23.7 Å². The molecule has 0 saturated carbocycles. The molecule has 1 rings (SSSR count). The van der Waals surface area contributed by atoms with E-state index < -0.39 is 12.2 Å². The second-order valence-corrected chi connectivity index (χ2v) is 3.04. The molecular weight excluding hydrogens is 198 g/mol. The van der Waals surface area contributed by atoms with Crippen LogP contribution in [-0.2, 0) is 0 Å². The Labute approximate surface area is 79.3 Å². The van der Waals surface area contributed by atoms with Crippen LogP contribution < -0.4 is 0 Å². The predicted octanol–water partition coefficient (Wildman–Crippen LogP) is 3.10. The molecule has 0 aromatic heterocycles. The lowest BCUT2D eigenvalue weighted by atomic mass is 10.1. The normalized spacial score (nSPS) is 10.5. The number of ketones is 1. The van der Waals surface area contributed by atoms with E-state index in [9.17, 15) is 13.6 Å². The molecule has 0 radical (unpaired) electrons. The minimum atomic E-state index is -2.97. The summed E-state index contributed by atoms with van der Waals surface area (Å²) in [7, 11) is 0. The van der Waals surface area contributed by atoms with Crippen molar-refractivity contribution in [1.82, 2.24) is 0 Å². The molecule has 0 spiro atoms. The van der Waals surface area contributed by atoms with Crippen LogP contribution >= 0.6 is 11.6 Å². The Balaban J connectivity index is 3.04. The first-order valence-electron chi connectivity index (χ1n) is 3.61. The minimum absolute atomic E-state index is 0.0504. The van der Waals surface area contributed by atoms with E-state index in [0.717, 1.165) is 5.56 Å². The number of carbonyl (C=O) groups excluding carboxylic acids is 1. The zero-order chi connectivity index (χ0) is 10.0. The van der Waals surface area contributed by atoms with E-state index >= 15 is 0 Å². The van der Waals surface area contributed by atoms with Gasteiger partial charge < -0.3 is 0 Å². The lowest BCUT2D eigenvalue weighted by Crippen LogP contribution is -2.09. The third kappa shape index (κ3) is 2.25. The third-order valence-electron chi connectivity index (χ3n) is 1.65. The van der Waals surface area contributed by atoms with Crippen LogP contribution in [-0.4, -0.2) is 12.2 Å². The highest BCUT2D eigenvalue weighted by atomic mass is 35.5. The second-order valence-electron chi connectivity index (χ2n) is 2.63. The van der Waals surface area contributed by atoms with Crippen molar-refractivity contribution in [3.63, 3.8) is 0 Å². The molecule has 0 aliphatic carbocycles. The summed E-state index contributed by atoms with van der Waals surface area (Å²) in [5.41, 5.74) is 0.707. The molecule has 0 bridgehead atoms. The molecular formula is C9H7ClF2O. The van der Waals surface area contributed by atoms with Crippen LogP contribution in [0.5, 0.6) is 0 Å². The van der Waals surface area contributed by atoms with Crippen LogP contribution in [0.1, 0.15) is 15.9 Å². The topological polar surface area (TPSA) is 17.1 Å². The highest BCUT2D eigenvalue weighted by Gasteiger charge is 2.17. The summed E-state index contributed by atoms with van der Waals surface area (Å²) in [5, 5.41) is 0.325. The average Bonchev–Trinajstić information content (AvgIpc) is 2.08. The van der Waals surface area contributed by atoms with Crippen molar-refractivity contribution in [1.29, 1.82) is 0 Å². The molecule has 0 atom stereocenters. The number of halogens is 3. The molecule has 0 fully saturated rings. The number of aryl methyl sites for hydroxylation is 1. The number of benzene rings is 1. The van der Waals surface area contributed by atoms with E-state index in [2.05, 4.69) is 0 Å². The van der Waals surface area contributed by atoms with Crippen LogP contribution in [0.15, 0.2) is 18.2 Å². The van der Waals surface area contributed by atoms with Gasteiger partial charge in [0.05, 0.1) is 0 Å². The fourth-order valence-electron chi connectivity index (χ4n) is 0.872. The Bertz CT molecular complexity index is 336. The molecule has 0 amide bonds. The van der Waals surface area contributed by atoms with Gasteiger partial charge in [-0.25, -0.2) is 8.78 Å². The van der Waals surface area contributed by atoms with Crippen LogP contribution in [0, 0.1) is 6.92 Å². The van der Waals surface area contributed by atoms with E-state index in [4.69, 9.17) is 11.6 Å². The Morgan fingerprint density at radius 1 is 1.46 bits per heavy atom. The highest BCUT2D eigenvalue weighted by Crippen LogP contribution is 2.18. The van der Waals surface area contributed by atoms with Crippen molar-refractivity contribution in [2.24, 2.45) is 0 Å². The van der Waals surface area contributed by atoms with Gasteiger partial charge in [-0.3, -0.25) is 4.79 Å². The van der Waals surface area contributed by atoms with Gasteiger partial charge in [0.15, 0.2) is 0 Å². The molecule has 0 heterocycles. The molecule has 0 saturated heterocycles. The second kappa shape index (κ2) is 3.83. The SMILES string of the molecule is Cc1ccc(C(=O)C(F)F)cc1Cl. The Hall–Kier alpha value is -0.960. The summed E-state index contributed by atoms with van der Waals surface area (Å²) in [4.78, 5) is 10.8. The third-order valence-corrected chi connectivity index (χ3v) is 2.06. The van der Waals surface area contributed by atoms with Gasteiger partial charge in [-0.2, -0.15) is 0 Å². The first-order valence-corrected chi connectivity index (χ1v) is 3.98. The number of hydrogen-bond acceptors (Lipinski definition) is 1. The summed E-state index contributed by atoms with van der Waals surface area (Å²) in [6.07, 6.45) is -2.97. The first kappa shape index (κ1) is 10.1. The minimum Gasteiger partial charge on any atom is -0.288 e. The van der Waals surface area contributed by atoms with Gasteiger partial charge >= 0.3 is 6.43 Å². The fraction of sp³-hybridized carbons (Fsp3) is 0.222. The smallest absolute Gasteiger partial charge is 0.288 e. The summed E-state index contributed by atoms with van der Waals surface area (Å²) in [6.45, 7) is 1.74. The van der Waals surface area contributed by atoms with Crippen molar-refractivity contribution in [2.75, 3.05) is 0 Å². The summed E-state index contributed by atoms with van der Waals surface area (Å²) in [6, 6.07) is 4.14. The number of Topliss-reactive ketones (excluding diaryl/α,β-unsaturated/α-hetero) is 1. The molecule has 0 N–H and O–H groups in total. The van der Waals surface area contributed by atoms with E-state index in [1.165, 1.54) is 18.2 Å². The molecule has 0 aliphatic heterocycles. The van der Waals surface area contributed by atoms with Crippen LogP contribution in [0.25, 0.3) is 0 Å². The molecule has 0 unspecified atom stereocenters. The number of hydrogen-bond donors (Lipinski definition) is 0. The number of carbonyl (C=O) groups is 1. The summed E-state index contributed by atoms with van der Waals surface area (Å²) in [5.74, 6) is -1.19. The molecule has 70 valence electrons. The zero-order valence-electron chi connectivity index (χ0n) is 6.85. The van der Waals surface area contributed by atoms with Crippen LogP contribution in [0.3, 0.4) is 0 Å². The average molecular weight is 205 g/mol. The highest BCUT2D eigenvalue weighted by molar-refractivity contribution is 6.31. The van der Waals surface area contributed by atoms with E-state index in [-0.39, 0.29) is 5.56 Å². The molecule has 1 aromatic carbocycles. The Morgan fingerprint density at radius 3 is 2.54 bits per heavy atom. The van der Waals surface area contributed by atoms with Gasteiger partial charge in [0.1, 0.15) is 0 Å². The van der Waals surface area contributed by atoms with E-state index in [1.54, 1.807) is 6.92 Å². The predicted molar refractivity (Wildman–Crippen MR) is 46.5 cm³/mol. The summed E-state index contributed by atoms with van der Waals surface area (Å²) < 4.78 is 23.9. The van der Waals surface area contributed by atoms with Gasteiger partial charge in [0.2, 0.25) is 5.78 Å². The van der Waals surface area contributed by atoms with Gasteiger partial charge in [-0.05, 0) is 18.6 Å². The van der Waals surface area contributed by atoms with E-state index in [0.29, 0.717) is 5.02 Å². The number of alkyl halides is 2. The fourth-order valence-corrected chi connectivity index (χ4v) is 1.05. The maximum absolute atomic E-state index is 12.0. The maximum Gasteiger partial charge on any atom is 0.300 e. The monoisotopic (exact) mass is 204 g/mol. The van der Waals surface area contributed by atoms with Crippen molar-refractivity contribution >= 4 is 17.4 Å². The number of rotatable bonds is 2. The largest absolute Gasteiger partial charge is 0.300 e. The lowest BCUT2D eigenvalue weighted by Gasteiger charge is -2.01. The Morgan fingerprint density at radius 2 is 2.08 bits per heavy atom. The van der Waals surface area contributed by atoms with Gasteiger partial charge in [0, 0.05) is 10.6 Å². The molecule has 1 aromatic rings. The molecule has 0 aliphatic rings. The molecule has 4 heteroatoms. The molecule has 13 heavy (non-hydrogen) atoms. The van der Waals surface area contributed by atoms with Crippen LogP contribution in [0.2, 0.25) is 5.02 Å². The zero-order valence-corrected chi connectivity index (χ0v) is 7.61. The van der Waals surface area contributed by atoms with Crippen molar-refractivity contribution < 1.29 is 13.6 Å². The summed E-state index contributed by atoms with van der Waals surface area (Å²) >= 11 is 5.67. The Kier molecular flexibility index (Phi) is 2.98. The van der Waals surface area contributed by atoms with Crippen molar-refractivity contribution in [2.45, 2.75) is 13.3 Å². The first-order chi connectivity index (χ1) is 6.02. The maximum atomic E-state index is 12.0. The standard InChI is InChI=1S/C9H7ClF2O/c1-5-2-3-6(4-7(5)10)8(13)9(11)12/h2-4,9H,1H3. The lowest BCUT2D eigenvalue weighted by molar-refractivity contribution is 0.0679. The van der Waals surface area contributed by atoms with Gasteiger partial charge in [-0.15, -0.1) is 0 Å². The van der Waals surface area contributed by atoms with Crippen molar-refractivity contribution in [3.8, 4) is 0 Å². The molecule has 1 nitrogen and oxygen atoms in total.